The zero-order valence-corrected chi connectivity index (χ0v) is 10.9. The molecule has 0 fully saturated rings. The summed E-state index contributed by atoms with van der Waals surface area (Å²) in [6, 6.07) is 2.14. The quantitative estimate of drug-likeness (QED) is 0.691. The predicted octanol–water partition coefficient (Wildman–Crippen LogP) is 2.01. The van der Waals surface area contributed by atoms with E-state index in [4.69, 9.17) is 5.73 Å². The molecule has 16 heavy (non-hydrogen) atoms. The van der Waals surface area contributed by atoms with Gasteiger partial charge in [-0.15, -0.1) is 0 Å². The maximum absolute atomic E-state index is 5.60. The highest BCUT2D eigenvalue weighted by molar-refractivity contribution is 5.20. The van der Waals surface area contributed by atoms with Crippen molar-refractivity contribution in [2.75, 3.05) is 13.1 Å². The Hall–Kier alpha value is -0.800. The minimum atomic E-state index is 0.113. The summed E-state index contributed by atoms with van der Waals surface area (Å²) in [6.45, 7) is 10.6. The van der Waals surface area contributed by atoms with Crippen LogP contribution in [-0.4, -0.2) is 23.6 Å². The van der Waals surface area contributed by atoms with Crippen LogP contribution in [0.25, 0.3) is 0 Å². The van der Waals surface area contributed by atoms with Gasteiger partial charge < -0.3 is 16.0 Å². The third-order valence-corrected chi connectivity index (χ3v) is 3.16. The SMILES string of the molecule is CC(C)(CCN)NCC(C)(C)c1cc[nH]c1. The van der Waals surface area contributed by atoms with E-state index in [0.29, 0.717) is 0 Å². The summed E-state index contributed by atoms with van der Waals surface area (Å²) < 4.78 is 0. The second kappa shape index (κ2) is 5.02. The molecule has 0 unspecified atom stereocenters. The van der Waals surface area contributed by atoms with Gasteiger partial charge in [-0.3, -0.25) is 0 Å². The van der Waals surface area contributed by atoms with Gasteiger partial charge in [0.1, 0.15) is 0 Å². The molecular weight excluding hydrogens is 198 g/mol. The van der Waals surface area contributed by atoms with Crippen LogP contribution in [0, 0.1) is 0 Å². The average molecular weight is 223 g/mol. The number of hydrogen-bond acceptors (Lipinski definition) is 2. The van der Waals surface area contributed by atoms with Crippen LogP contribution in [0.4, 0.5) is 0 Å². The van der Waals surface area contributed by atoms with E-state index in [1.807, 2.05) is 6.20 Å². The van der Waals surface area contributed by atoms with E-state index >= 15 is 0 Å². The first kappa shape index (κ1) is 13.3. The lowest BCUT2D eigenvalue weighted by atomic mass is 9.85. The third kappa shape index (κ3) is 3.65. The second-order valence-corrected chi connectivity index (χ2v) is 5.76. The van der Waals surface area contributed by atoms with Gasteiger partial charge in [0.25, 0.3) is 0 Å². The van der Waals surface area contributed by atoms with E-state index < -0.39 is 0 Å². The van der Waals surface area contributed by atoms with Crippen molar-refractivity contribution >= 4 is 0 Å². The Morgan fingerprint density at radius 3 is 2.50 bits per heavy atom. The van der Waals surface area contributed by atoms with Gasteiger partial charge in [-0.1, -0.05) is 13.8 Å². The van der Waals surface area contributed by atoms with Gasteiger partial charge in [-0.2, -0.15) is 0 Å². The number of H-pyrrole nitrogens is 1. The van der Waals surface area contributed by atoms with Crippen molar-refractivity contribution in [3.8, 4) is 0 Å². The minimum Gasteiger partial charge on any atom is -0.367 e. The van der Waals surface area contributed by atoms with Crippen LogP contribution in [-0.2, 0) is 5.41 Å². The fraction of sp³-hybridized carbons (Fsp3) is 0.692. The van der Waals surface area contributed by atoms with Crippen molar-refractivity contribution in [2.45, 2.75) is 45.1 Å². The molecule has 1 aromatic heterocycles. The Morgan fingerprint density at radius 2 is 2.00 bits per heavy atom. The topological polar surface area (TPSA) is 53.8 Å². The highest BCUT2D eigenvalue weighted by atomic mass is 15.0. The molecule has 92 valence electrons. The summed E-state index contributed by atoms with van der Waals surface area (Å²) >= 11 is 0. The van der Waals surface area contributed by atoms with E-state index in [0.717, 1.165) is 19.5 Å². The summed E-state index contributed by atoms with van der Waals surface area (Å²) in [7, 11) is 0. The first-order chi connectivity index (χ1) is 7.37. The molecule has 0 amide bonds. The van der Waals surface area contributed by atoms with Crippen molar-refractivity contribution in [3.05, 3.63) is 24.0 Å². The number of aromatic nitrogens is 1. The zero-order valence-electron chi connectivity index (χ0n) is 10.9. The van der Waals surface area contributed by atoms with Crippen LogP contribution >= 0.6 is 0 Å². The fourth-order valence-corrected chi connectivity index (χ4v) is 1.76. The van der Waals surface area contributed by atoms with Gasteiger partial charge in [0.05, 0.1) is 0 Å². The van der Waals surface area contributed by atoms with Crippen LogP contribution in [0.2, 0.25) is 0 Å². The van der Waals surface area contributed by atoms with Crippen molar-refractivity contribution in [1.29, 1.82) is 0 Å². The first-order valence-corrected chi connectivity index (χ1v) is 5.96. The summed E-state index contributed by atoms with van der Waals surface area (Å²) in [5, 5.41) is 3.59. The van der Waals surface area contributed by atoms with Crippen LogP contribution in [0.3, 0.4) is 0 Å². The molecular formula is C13H25N3. The third-order valence-electron chi connectivity index (χ3n) is 3.16. The fourth-order valence-electron chi connectivity index (χ4n) is 1.76. The monoisotopic (exact) mass is 223 g/mol. The molecule has 3 nitrogen and oxygen atoms in total. The number of nitrogens with one attached hydrogen (secondary N) is 2. The van der Waals surface area contributed by atoms with Crippen molar-refractivity contribution in [3.63, 3.8) is 0 Å². The van der Waals surface area contributed by atoms with Crippen LogP contribution in [0.1, 0.15) is 39.7 Å². The minimum absolute atomic E-state index is 0.113. The van der Waals surface area contributed by atoms with E-state index in [9.17, 15) is 0 Å². The van der Waals surface area contributed by atoms with Gasteiger partial charge in [-0.05, 0) is 38.4 Å². The molecule has 1 heterocycles. The van der Waals surface area contributed by atoms with Gasteiger partial charge in [0, 0.05) is 29.9 Å². The average Bonchev–Trinajstić information content (AvgIpc) is 2.68. The maximum atomic E-state index is 5.60. The molecule has 0 aliphatic rings. The standard InChI is InChI=1S/C13H25N3/c1-12(2,11-5-8-15-9-11)10-16-13(3,4)6-7-14/h5,8-9,15-16H,6-7,10,14H2,1-4H3. The summed E-state index contributed by atoms with van der Waals surface area (Å²) in [5.74, 6) is 0. The van der Waals surface area contributed by atoms with Gasteiger partial charge in [-0.25, -0.2) is 0 Å². The number of nitrogens with two attached hydrogens (primary N) is 1. The highest BCUT2D eigenvalue weighted by Crippen LogP contribution is 2.22. The van der Waals surface area contributed by atoms with E-state index in [-0.39, 0.29) is 11.0 Å². The zero-order chi connectivity index (χ0) is 12.2. The highest BCUT2D eigenvalue weighted by Gasteiger charge is 2.24. The number of aromatic amines is 1. The lowest BCUT2D eigenvalue weighted by molar-refractivity contribution is 0.326. The number of rotatable bonds is 6. The predicted molar refractivity (Wildman–Crippen MR) is 69.6 cm³/mol. The van der Waals surface area contributed by atoms with Crippen LogP contribution in [0.5, 0.6) is 0 Å². The molecule has 0 radical (unpaired) electrons. The van der Waals surface area contributed by atoms with Crippen LogP contribution < -0.4 is 11.1 Å². The smallest absolute Gasteiger partial charge is 0.0137 e. The Bertz CT molecular complexity index is 299. The lowest BCUT2D eigenvalue weighted by Crippen LogP contribution is -2.46. The van der Waals surface area contributed by atoms with Crippen LogP contribution in [0.15, 0.2) is 18.5 Å². The largest absolute Gasteiger partial charge is 0.367 e. The molecule has 0 saturated carbocycles. The molecule has 0 saturated heterocycles. The van der Waals surface area contributed by atoms with E-state index in [1.54, 1.807) is 0 Å². The Labute approximate surface area is 98.8 Å². The van der Waals surface area contributed by atoms with Gasteiger partial charge >= 0.3 is 0 Å². The molecule has 0 aliphatic heterocycles. The Kier molecular flexibility index (Phi) is 4.16. The molecule has 4 N–H and O–H groups in total. The van der Waals surface area contributed by atoms with E-state index in [2.05, 4.69) is 50.3 Å². The Balaban J connectivity index is 2.54. The summed E-state index contributed by atoms with van der Waals surface area (Å²) in [6.07, 6.45) is 5.04. The molecule has 1 aromatic rings. The molecule has 3 heteroatoms. The van der Waals surface area contributed by atoms with E-state index in [1.165, 1.54) is 5.56 Å². The molecule has 1 rings (SSSR count). The molecule has 0 aliphatic carbocycles. The first-order valence-electron chi connectivity index (χ1n) is 5.96. The molecule has 0 atom stereocenters. The Morgan fingerprint density at radius 1 is 1.31 bits per heavy atom. The van der Waals surface area contributed by atoms with Crippen molar-refractivity contribution in [1.82, 2.24) is 10.3 Å². The summed E-state index contributed by atoms with van der Waals surface area (Å²) in [4.78, 5) is 3.11. The molecule has 0 spiro atoms. The van der Waals surface area contributed by atoms with Crippen molar-refractivity contribution < 1.29 is 0 Å². The number of hydrogen-bond donors (Lipinski definition) is 3. The second-order valence-electron chi connectivity index (χ2n) is 5.76. The lowest BCUT2D eigenvalue weighted by Gasteiger charge is -2.32. The molecule has 0 aromatic carbocycles. The van der Waals surface area contributed by atoms with Gasteiger partial charge in [0.2, 0.25) is 0 Å². The molecule has 0 bridgehead atoms. The summed E-state index contributed by atoms with van der Waals surface area (Å²) in [5.41, 5.74) is 7.20. The normalized spacial score (nSPS) is 13.1. The van der Waals surface area contributed by atoms with Crippen molar-refractivity contribution in [2.24, 2.45) is 5.73 Å². The van der Waals surface area contributed by atoms with Gasteiger partial charge in [0.15, 0.2) is 0 Å². The maximum Gasteiger partial charge on any atom is 0.0137 e.